The number of ether oxygens (including phenoxy) is 1. The maximum atomic E-state index is 11.4. The molecular weight excluding hydrogens is 238 g/mol. The third-order valence-corrected chi connectivity index (χ3v) is 2.38. The van der Waals surface area contributed by atoms with Gasteiger partial charge in [-0.2, -0.15) is 0 Å². The summed E-state index contributed by atoms with van der Waals surface area (Å²) >= 11 is 0. The minimum atomic E-state index is -0.354. The molecule has 0 spiro atoms. The van der Waals surface area contributed by atoms with Gasteiger partial charge in [0.2, 0.25) is 0 Å². The summed E-state index contributed by atoms with van der Waals surface area (Å²) < 4.78 is 4.66. The second-order valence-electron chi connectivity index (χ2n) is 3.61. The summed E-state index contributed by atoms with van der Waals surface area (Å²) in [4.78, 5) is 15.4. The number of hydrogen-bond acceptors (Lipinski definition) is 3. The van der Waals surface area contributed by atoms with Crippen molar-refractivity contribution in [1.29, 1.82) is 0 Å². The van der Waals surface area contributed by atoms with Crippen LogP contribution in [-0.4, -0.2) is 18.1 Å². The topological polar surface area (TPSA) is 39.2 Å². The summed E-state index contributed by atoms with van der Waals surface area (Å²) in [5, 5.41) is 0. The second kappa shape index (κ2) is 10.1. The third-order valence-electron chi connectivity index (χ3n) is 2.38. The van der Waals surface area contributed by atoms with Crippen LogP contribution >= 0.6 is 0 Å². The van der Waals surface area contributed by atoms with Gasteiger partial charge in [0.15, 0.2) is 0 Å². The van der Waals surface area contributed by atoms with Crippen molar-refractivity contribution >= 4 is 5.97 Å². The van der Waals surface area contributed by atoms with E-state index in [1.54, 1.807) is 6.20 Å². The highest BCUT2D eigenvalue weighted by molar-refractivity contribution is 5.89. The van der Waals surface area contributed by atoms with E-state index in [2.05, 4.69) is 9.72 Å². The molecule has 0 unspecified atom stereocenters. The van der Waals surface area contributed by atoms with Crippen molar-refractivity contribution < 1.29 is 9.53 Å². The molecule has 0 radical (unpaired) electrons. The number of allylic oxidation sites excluding steroid dienone is 4. The first-order valence-corrected chi connectivity index (χ1v) is 6.51. The fourth-order valence-electron chi connectivity index (χ4n) is 1.52. The number of methoxy groups -OCH3 is 1. The zero-order valence-electron chi connectivity index (χ0n) is 12.4. The molecule has 3 heteroatoms. The van der Waals surface area contributed by atoms with Crippen LogP contribution in [0.25, 0.3) is 0 Å². The first kappa shape index (κ1) is 17.1. The molecule has 0 N–H and O–H groups in total. The molecule has 104 valence electrons. The molecule has 0 aliphatic rings. The summed E-state index contributed by atoms with van der Waals surface area (Å²) in [7, 11) is 1.37. The Kier molecular flexibility index (Phi) is 9.06. The molecule has 0 amide bonds. The van der Waals surface area contributed by atoms with Crippen molar-refractivity contribution in [2.75, 3.05) is 7.11 Å². The van der Waals surface area contributed by atoms with Crippen LogP contribution in [0.3, 0.4) is 0 Å². The Balaban J connectivity index is 0.00000154. The van der Waals surface area contributed by atoms with Crippen molar-refractivity contribution in [3.8, 4) is 0 Å². The largest absolute Gasteiger partial charge is 0.465 e. The van der Waals surface area contributed by atoms with Crippen molar-refractivity contribution in [2.45, 2.75) is 34.1 Å². The number of esters is 1. The molecular formula is C16H23NO2. The standard InChI is InChI=1S/C14H17NO2.C2H6/c1-4-6-11(5-2)7-12-8-13(10-15-9-12)14(16)17-3;1-2/h4-6,8-10H,7H2,1-3H3;1-2H3/b6-4-,11-5+;. The molecule has 3 nitrogen and oxygen atoms in total. The number of rotatable bonds is 4. The average Bonchev–Trinajstić information content (AvgIpc) is 2.48. The van der Waals surface area contributed by atoms with E-state index in [4.69, 9.17) is 0 Å². The lowest BCUT2D eigenvalue weighted by molar-refractivity contribution is 0.0600. The van der Waals surface area contributed by atoms with Crippen LogP contribution in [0.1, 0.15) is 43.6 Å². The van der Waals surface area contributed by atoms with E-state index in [1.807, 2.05) is 52.0 Å². The number of nitrogens with zero attached hydrogens (tertiary/aromatic N) is 1. The summed E-state index contributed by atoms with van der Waals surface area (Å²) in [5.74, 6) is -0.354. The van der Waals surface area contributed by atoms with Crippen molar-refractivity contribution in [3.05, 3.63) is 53.4 Å². The third kappa shape index (κ3) is 6.00. The van der Waals surface area contributed by atoms with E-state index < -0.39 is 0 Å². The lowest BCUT2D eigenvalue weighted by atomic mass is 10.0. The Bertz CT molecular complexity index is 448. The van der Waals surface area contributed by atoms with Gasteiger partial charge in [-0.05, 0) is 37.5 Å². The molecule has 0 saturated carbocycles. The van der Waals surface area contributed by atoms with Gasteiger partial charge in [0, 0.05) is 12.4 Å². The Labute approximate surface area is 116 Å². The monoisotopic (exact) mass is 261 g/mol. The molecule has 0 fully saturated rings. The summed E-state index contributed by atoms with van der Waals surface area (Å²) in [5.41, 5.74) is 2.68. The van der Waals surface area contributed by atoms with Crippen LogP contribution in [0.2, 0.25) is 0 Å². The molecule has 0 bridgehead atoms. The lowest BCUT2D eigenvalue weighted by Crippen LogP contribution is -2.03. The Hall–Kier alpha value is -1.90. The van der Waals surface area contributed by atoms with Gasteiger partial charge in [0.1, 0.15) is 0 Å². The second-order valence-corrected chi connectivity index (χ2v) is 3.61. The van der Waals surface area contributed by atoms with E-state index in [1.165, 1.54) is 18.9 Å². The van der Waals surface area contributed by atoms with E-state index >= 15 is 0 Å². The minimum Gasteiger partial charge on any atom is -0.465 e. The zero-order valence-corrected chi connectivity index (χ0v) is 12.4. The van der Waals surface area contributed by atoms with Crippen LogP contribution in [0, 0.1) is 0 Å². The molecule has 1 rings (SSSR count). The number of carbonyl (C=O) groups excluding carboxylic acids is 1. The van der Waals surface area contributed by atoms with Gasteiger partial charge in [-0.25, -0.2) is 4.79 Å². The van der Waals surface area contributed by atoms with Crippen molar-refractivity contribution in [3.63, 3.8) is 0 Å². The fraction of sp³-hybridized carbons (Fsp3) is 0.375. The first-order chi connectivity index (χ1) is 9.21. The number of pyridine rings is 1. The van der Waals surface area contributed by atoms with Gasteiger partial charge in [0.05, 0.1) is 12.7 Å². The number of hydrogen-bond donors (Lipinski definition) is 0. The maximum absolute atomic E-state index is 11.4. The highest BCUT2D eigenvalue weighted by Crippen LogP contribution is 2.11. The Morgan fingerprint density at radius 2 is 2.00 bits per heavy atom. The van der Waals surface area contributed by atoms with E-state index in [0.717, 1.165) is 12.0 Å². The molecule has 1 aromatic rings. The molecule has 0 aliphatic heterocycles. The van der Waals surface area contributed by atoms with Crippen LogP contribution in [0.4, 0.5) is 0 Å². The predicted octanol–water partition coefficient (Wildman–Crippen LogP) is 3.96. The molecule has 1 heterocycles. The number of carbonyl (C=O) groups is 1. The highest BCUT2D eigenvalue weighted by Gasteiger charge is 2.06. The van der Waals surface area contributed by atoms with Gasteiger partial charge in [-0.3, -0.25) is 4.98 Å². The van der Waals surface area contributed by atoms with Crippen LogP contribution < -0.4 is 0 Å². The van der Waals surface area contributed by atoms with Crippen molar-refractivity contribution in [2.24, 2.45) is 0 Å². The molecule has 1 aromatic heterocycles. The van der Waals surface area contributed by atoms with Gasteiger partial charge >= 0.3 is 5.97 Å². The van der Waals surface area contributed by atoms with Crippen molar-refractivity contribution in [1.82, 2.24) is 4.98 Å². The van der Waals surface area contributed by atoms with E-state index in [9.17, 15) is 4.79 Å². The number of aromatic nitrogens is 1. The smallest absolute Gasteiger partial charge is 0.339 e. The predicted molar refractivity (Wildman–Crippen MR) is 79.2 cm³/mol. The van der Waals surface area contributed by atoms with E-state index in [0.29, 0.717) is 5.56 Å². The SMILES string of the molecule is C/C=C\C(=C/C)Cc1cncc(C(=O)OC)c1.CC. The zero-order chi connectivity index (χ0) is 14.7. The highest BCUT2D eigenvalue weighted by atomic mass is 16.5. The fourth-order valence-corrected chi connectivity index (χ4v) is 1.52. The van der Waals surface area contributed by atoms with Crippen LogP contribution in [0.15, 0.2) is 42.3 Å². The molecule has 0 aromatic carbocycles. The molecule has 0 aliphatic carbocycles. The quantitative estimate of drug-likeness (QED) is 0.608. The average molecular weight is 261 g/mol. The van der Waals surface area contributed by atoms with Crippen LogP contribution in [0.5, 0.6) is 0 Å². The Morgan fingerprint density at radius 3 is 2.53 bits per heavy atom. The van der Waals surface area contributed by atoms with Gasteiger partial charge < -0.3 is 4.74 Å². The van der Waals surface area contributed by atoms with Gasteiger partial charge in [-0.15, -0.1) is 0 Å². The summed E-state index contributed by atoms with van der Waals surface area (Å²) in [6.07, 6.45) is 10.1. The molecule has 0 saturated heterocycles. The Morgan fingerprint density at radius 1 is 1.32 bits per heavy atom. The lowest BCUT2D eigenvalue weighted by Gasteiger charge is -2.04. The summed E-state index contributed by atoms with van der Waals surface area (Å²) in [6, 6.07) is 1.81. The maximum Gasteiger partial charge on any atom is 0.339 e. The van der Waals surface area contributed by atoms with E-state index in [-0.39, 0.29) is 5.97 Å². The molecule has 19 heavy (non-hydrogen) atoms. The van der Waals surface area contributed by atoms with Gasteiger partial charge in [-0.1, -0.05) is 32.1 Å². The first-order valence-electron chi connectivity index (χ1n) is 6.51. The van der Waals surface area contributed by atoms with Gasteiger partial charge in [0.25, 0.3) is 0 Å². The molecule has 0 atom stereocenters. The summed E-state index contributed by atoms with van der Waals surface area (Å²) in [6.45, 7) is 7.97. The normalized spacial score (nSPS) is 10.9. The minimum absolute atomic E-state index is 0.354. The van der Waals surface area contributed by atoms with Crippen LogP contribution in [-0.2, 0) is 11.2 Å².